The molecule has 36 heavy (non-hydrogen) atoms. The van der Waals surface area contributed by atoms with Gasteiger partial charge in [0.05, 0.1) is 26.7 Å². The van der Waals surface area contributed by atoms with E-state index in [1.54, 1.807) is 0 Å². The average Bonchev–Trinajstić information content (AvgIpc) is 2.66. The Labute approximate surface area is 198 Å². The lowest BCUT2D eigenvalue weighted by atomic mass is 9.88. The molecule has 0 atom stereocenters. The molecule has 18 heteroatoms. The molecule has 0 aliphatic rings. The molecule has 0 spiro atoms. The number of quaternary nitrogens is 1. The average molecular weight is 589 g/mol. The van der Waals surface area contributed by atoms with Gasteiger partial charge < -0.3 is 4.48 Å². The largest absolute Gasteiger partial charge is 0.393 e. The highest BCUT2D eigenvalue weighted by Crippen LogP contribution is 2.64. The van der Waals surface area contributed by atoms with Crippen LogP contribution in [0.5, 0.6) is 0 Å². The lowest BCUT2D eigenvalue weighted by Gasteiger charge is -2.43. The van der Waals surface area contributed by atoms with Crippen molar-refractivity contribution in [3.63, 3.8) is 0 Å². The number of hydrogen-bond acceptors (Lipinski definition) is 0. The zero-order chi connectivity index (χ0) is 29.4. The molecule has 0 N–H and O–H groups in total. The minimum absolute atomic E-state index is 0.0249. The maximum absolute atomic E-state index is 14.0. The number of halogens is 17. The second-order valence-corrected chi connectivity index (χ2v) is 8.51. The first-order chi connectivity index (χ1) is 15.6. The van der Waals surface area contributed by atoms with Crippen molar-refractivity contribution in [3.05, 3.63) is 25.3 Å². The van der Waals surface area contributed by atoms with Crippen molar-refractivity contribution in [2.24, 2.45) is 0 Å². The van der Waals surface area contributed by atoms with E-state index in [4.69, 9.17) is 0 Å². The van der Waals surface area contributed by atoms with Gasteiger partial charge in [0.15, 0.2) is 0 Å². The van der Waals surface area contributed by atoms with E-state index in [2.05, 4.69) is 24.8 Å². The zero-order valence-electron chi connectivity index (χ0n) is 18.0. The topological polar surface area (TPSA) is 0 Å². The number of rotatable bonds is 15. The number of nitrogens with zero attached hydrogens (tertiary/aromatic N) is 1. The van der Waals surface area contributed by atoms with Gasteiger partial charge in [-0.2, -0.15) is 70.2 Å². The minimum Gasteiger partial charge on any atom is -0.320 e. The third-order valence-electron chi connectivity index (χ3n) is 5.12. The van der Waals surface area contributed by atoms with E-state index in [-0.39, 0.29) is 17.6 Å². The second-order valence-electron chi connectivity index (χ2n) is 8.04. The van der Waals surface area contributed by atoms with E-state index >= 15 is 0 Å². The third-order valence-corrected chi connectivity index (χ3v) is 5.35. The lowest BCUT2D eigenvalue weighted by molar-refractivity contribution is -0.898. The summed E-state index contributed by atoms with van der Waals surface area (Å²) in [6, 6.07) is 0. The molecule has 0 heterocycles. The molecule has 0 aromatic heterocycles. The van der Waals surface area contributed by atoms with Gasteiger partial charge in [-0.25, -0.2) is 0 Å². The summed E-state index contributed by atoms with van der Waals surface area (Å²) < 4.78 is 215. The van der Waals surface area contributed by atoms with E-state index in [1.807, 2.05) is 0 Å². The van der Waals surface area contributed by atoms with Crippen LogP contribution < -0.4 is 0 Å². The van der Waals surface area contributed by atoms with Crippen LogP contribution in [0.15, 0.2) is 25.3 Å². The number of alkyl halides is 17. The van der Waals surface area contributed by atoms with Crippen molar-refractivity contribution in [2.75, 3.05) is 26.7 Å². The van der Waals surface area contributed by atoms with Gasteiger partial charge in [0, 0.05) is 12.8 Å². The predicted octanol–water partition coefficient (Wildman–Crippen LogP) is 7.86. The van der Waals surface area contributed by atoms with Crippen LogP contribution in [-0.2, 0) is 0 Å². The molecule has 0 fully saturated rings. The van der Waals surface area contributed by atoms with Gasteiger partial charge >= 0.3 is 46.8 Å². The van der Waals surface area contributed by atoms with Gasteiger partial charge in [-0.05, 0) is 23.8 Å². The van der Waals surface area contributed by atoms with Gasteiger partial charge in [-0.1, -0.05) is 13.2 Å². The molecule has 0 aromatic carbocycles. The highest BCUT2D eigenvalue weighted by atomic mass is 35.5. The normalized spacial score (nSPS) is 15.7. The quantitative estimate of drug-likeness (QED) is 0.0791. The van der Waals surface area contributed by atoms with Crippen molar-refractivity contribution in [3.8, 4) is 0 Å². The molecule has 0 aliphatic carbocycles. The van der Waals surface area contributed by atoms with E-state index in [9.17, 15) is 70.2 Å². The highest BCUT2D eigenvalue weighted by Gasteiger charge is 2.94. The molecule has 0 radical (unpaired) electrons. The number of likely N-dealkylation sites (N-methyl/N-ethyl adjacent to an activating group) is 1. The molecule has 0 aliphatic heterocycles. The smallest absolute Gasteiger partial charge is 0.320 e. The van der Waals surface area contributed by atoms with Crippen LogP contribution in [0.4, 0.5) is 70.2 Å². The van der Waals surface area contributed by atoms with Crippen LogP contribution in [0.1, 0.15) is 12.8 Å². The van der Waals surface area contributed by atoms with Crippen LogP contribution in [0.3, 0.4) is 0 Å². The van der Waals surface area contributed by atoms with Gasteiger partial charge in [0.1, 0.15) is 0 Å². The monoisotopic (exact) mass is 588 g/mol. The Morgan fingerprint density at radius 2 is 0.889 bits per heavy atom. The maximum atomic E-state index is 14.0. The Morgan fingerprint density at radius 3 is 1.19 bits per heavy atom. The highest BCUT2D eigenvalue weighted by molar-refractivity contribution is 6.22. The molecule has 0 amide bonds. The number of hydrogen-bond donors (Lipinski definition) is 0. The molecule has 1 nitrogen and oxygen atoms in total. The molecular weight excluding hydrogens is 570 g/mol. The van der Waals surface area contributed by atoms with Gasteiger partial charge in [0.25, 0.3) is 0 Å². The molecule has 0 aromatic rings. The van der Waals surface area contributed by atoms with Crippen molar-refractivity contribution < 1.29 is 74.7 Å². The first-order valence-electron chi connectivity index (χ1n) is 9.35. The molecule has 0 rings (SSSR count). The van der Waals surface area contributed by atoms with E-state index < -0.39 is 66.2 Å². The molecular formula is C18H19ClF16N+. The summed E-state index contributed by atoms with van der Waals surface area (Å²) >= 11 is 3.47. The summed E-state index contributed by atoms with van der Waals surface area (Å²) in [4.78, 5) is 0. The van der Waals surface area contributed by atoms with Crippen molar-refractivity contribution in [2.45, 2.75) is 59.7 Å². The molecule has 0 unspecified atom stereocenters. The Kier molecular flexibility index (Phi) is 9.67. The summed E-state index contributed by atoms with van der Waals surface area (Å²) in [7, 11) is 1.32. The fourth-order valence-corrected chi connectivity index (χ4v) is 3.04. The summed E-state index contributed by atoms with van der Waals surface area (Å²) in [6.07, 6.45) is -1.10. The lowest BCUT2D eigenvalue weighted by Crippen LogP contribution is -2.74. The fourth-order valence-electron chi connectivity index (χ4n) is 2.92. The molecule has 0 saturated carbocycles. The van der Waals surface area contributed by atoms with Crippen LogP contribution >= 0.6 is 11.6 Å². The maximum Gasteiger partial charge on any atom is 0.393 e. The van der Waals surface area contributed by atoms with Crippen molar-refractivity contribution in [1.82, 2.24) is 0 Å². The summed E-state index contributed by atoms with van der Waals surface area (Å²) in [5.41, 5.74) is 0. The minimum atomic E-state index is -8.45. The summed E-state index contributed by atoms with van der Waals surface area (Å²) in [5.74, 6) is -54.9. The Bertz CT molecular complexity index is 776. The first-order valence-corrected chi connectivity index (χ1v) is 9.72. The van der Waals surface area contributed by atoms with Crippen molar-refractivity contribution >= 4 is 11.6 Å². The van der Waals surface area contributed by atoms with Crippen LogP contribution in [0.25, 0.3) is 0 Å². The van der Waals surface area contributed by atoms with Crippen LogP contribution in [0.2, 0.25) is 0 Å². The Morgan fingerprint density at radius 1 is 0.583 bits per heavy atom. The van der Waals surface area contributed by atoms with Crippen LogP contribution in [-0.4, -0.2) is 78.0 Å². The Hall–Kier alpha value is -1.39. The zero-order valence-corrected chi connectivity index (χ0v) is 18.7. The molecule has 0 bridgehead atoms. The van der Waals surface area contributed by atoms with E-state index in [1.165, 1.54) is 19.2 Å². The summed E-state index contributed by atoms with van der Waals surface area (Å²) in [5, 5.41) is -6.79. The summed E-state index contributed by atoms with van der Waals surface area (Å²) in [6.45, 7) is 6.04. The second kappa shape index (κ2) is 10.1. The molecule has 214 valence electrons. The Balaban J connectivity index is 6.32. The predicted molar refractivity (Wildman–Crippen MR) is 95.8 cm³/mol. The molecule has 0 saturated heterocycles. The van der Waals surface area contributed by atoms with Gasteiger partial charge in [-0.3, -0.25) is 0 Å². The first kappa shape index (κ1) is 34.6. The third kappa shape index (κ3) is 5.41. The van der Waals surface area contributed by atoms with Gasteiger partial charge in [0.2, 0.25) is 0 Å². The van der Waals surface area contributed by atoms with Crippen molar-refractivity contribution in [1.29, 1.82) is 0 Å². The van der Waals surface area contributed by atoms with E-state index in [0.717, 1.165) is 0 Å². The van der Waals surface area contributed by atoms with E-state index in [0.29, 0.717) is 0 Å². The van der Waals surface area contributed by atoms with Gasteiger partial charge in [-0.15, -0.1) is 0 Å². The van der Waals surface area contributed by atoms with Crippen LogP contribution in [0, 0.1) is 0 Å². The standard InChI is InChI=1S/C18H19ClF16N/c1-4-8-36(3,9-5-2)10-6-7-11(20,21)12(22,23)13(24,25)14(26,27)15(28,29)16(30,31)17(32,33)18(19,34)35/h4-5H,1-2,6-10H2,3H3/q+1. The SMILES string of the molecule is C=CC[N+](C)(CC=C)CCCC(F)(F)C(F)(F)C(F)(F)C(F)(F)C(F)(F)C(F)(F)C(F)(F)C(F)(F)Cl. The fraction of sp³-hybridized carbons (Fsp3) is 0.778.